The van der Waals surface area contributed by atoms with Crippen molar-refractivity contribution in [1.82, 2.24) is 0 Å². The van der Waals surface area contributed by atoms with Crippen molar-refractivity contribution in [2.75, 3.05) is 13.2 Å². The summed E-state index contributed by atoms with van der Waals surface area (Å²) in [7, 11) is 0. The topological polar surface area (TPSA) is 35.2 Å². The largest absolute Gasteiger partial charge is 0.492 e. The fraction of sp³-hybridized carbons (Fsp3) is 0.538. The molecule has 1 fully saturated rings. The Morgan fingerprint density at radius 3 is 2.81 bits per heavy atom. The first-order valence-electron chi connectivity index (χ1n) is 5.91. The molecule has 0 saturated heterocycles. The Labute approximate surface area is 105 Å². The average Bonchev–Trinajstić information content (AvgIpc) is 3.09. The minimum absolute atomic E-state index is 0.748. The fourth-order valence-corrected chi connectivity index (χ4v) is 2.16. The van der Waals surface area contributed by atoms with Gasteiger partial charge in [0, 0.05) is 0 Å². The fourth-order valence-electron chi connectivity index (χ4n) is 1.62. The van der Waals surface area contributed by atoms with Crippen LogP contribution >= 0.6 is 15.9 Å². The Balaban J connectivity index is 1.92. The van der Waals surface area contributed by atoms with Crippen molar-refractivity contribution in [1.29, 1.82) is 0 Å². The van der Waals surface area contributed by atoms with Crippen LogP contribution in [0.15, 0.2) is 22.7 Å². The summed E-state index contributed by atoms with van der Waals surface area (Å²) < 4.78 is 6.81. The van der Waals surface area contributed by atoms with Gasteiger partial charge in [0.1, 0.15) is 5.75 Å². The van der Waals surface area contributed by atoms with Gasteiger partial charge in [0.2, 0.25) is 0 Å². The number of nitrogens with two attached hydrogens (primary N) is 1. The zero-order valence-corrected chi connectivity index (χ0v) is 11.0. The second-order valence-corrected chi connectivity index (χ2v) is 5.27. The lowest BCUT2D eigenvalue weighted by atomic mass is 10.1. The average molecular weight is 284 g/mol. The van der Waals surface area contributed by atoms with Gasteiger partial charge in [-0.05, 0) is 71.8 Å². The van der Waals surface area contributed by atoms with E-state index >= 15 is 0 Å². The highest BCUT2D eigenvalue weighted by molar-refractivity contribution is 9.10. The third-order valence-corrected chi connectivity index (χ3v) is 3.46. The van der Waals surface area contributed by atoms with Crippen LogP contribution in [-0.4, -0.2) is 13.2 Å². The predicted molar refractivity (Wildman–Crippen MR) is 69.7 cm³/mol. The number of ether oxygens (including phenoxy) is 1. The summed E-state index contributed by atoms with van der Waals surface area (Å²) in [5, 5.41) is 0. The molecule has 0 aliphatic heterocycles. The molecule has 3 heteroatoms. The number of hydrogen-bond donors (Lipinski definition) is 1. The maximum absolute atomic E-state index is 5.75. The SMILES string of the molecule is NCCCc1ccc(OCC2CC2)c(Br)c1. The maximum atomic E-state index is 5.75. The van der Waals surface area contributed by atoms with Crippen molar-refractivity contribution in [3.05, 3.63) is 28.2 Å². The van der Waals surface area contributed by atoms with E-state index in [1.54, 1.807) is 0 Å². The van der Waals surface area contributed by atoms with Gasteiger partial charge in [0.15, 0.2) is 0 Å². The van der Waals surface area contributed by atoms with Crippen LogP contribution in [0.3, 0.4) is 0 Å². The van der Waals surface area contributed by atoms with Gasteiger partial charge >= 0.3 is 0 Å². The second kappa shape index (κ2) is 5.69. The number of aryl methyl sites for hydroxylation is 1. The van der Waals surface area contributed by atoms with Crippen LogP contribution in [0, 0.1) is 5.92 Å². The molecule has 16 heavy (non-hydrogen) atoms. The van der Waals surface area contributed by atoms with Crippen molar-refractivity contribution in [2.24, 2.45) is 11.7 Å². The van der Waals surface area contributed by atoms with E-state index in [0.717, 1.165) is 42.1 Å². The van der Waals surface area contributed by atoms with E-state index < -0.39 is 0 Å². The quantitative estimate of drug-likeness (QED) is 0.871. The molecule has 2 N–H and O–H groups in total. The lowest BCUT2D eigenvalue weighted by Gasteiger charge is -2.09. The van der Waals surface area contributed by atoms with Crippen LogP contribution in [0.4, 0.5) is 0 Å². The molecular formula is C13H18BrNO. The van der Waals surface area contributed by atoms with Crippen LogP contribution in [0.5, 0.6) is 5.75 Å². The smallest absolute Gasteiger partial charge is 0.133 e. The highest BCUT2D eigenvalue weighted by Gasteiger charge is 2.22. The van der Waals surface area contributed by atoms with Crippen molar-refractivity contribution in [3.8, 4) is 5.75 Å². The predicted octanol–water partition coefficient (Wildman–Crippen LogP) is 3.13. The van der Waals surface area contributed by atoms with E-state index in [1.165, 1.54) is 18.4 Å². The van der Waals surface area contributed by atoms with E-state index in [4.69, 9.17) is 10.5 Å². The number of rotatable bonds is 6. The molecule has 1 aliphatic carbocycles. The first kappa shape index (κ1) is 11.9. The molecule has 0 unspecified atom stereocenters. The van der Waals surface area contributed by atoms with Crippen LogP contribution in [0.25, 0.3) is 0 Å². The van der Waals surface area contributed by atoms with Crippen LogP contribution < -0.4 is 10.5 Å². The van der Waals surface area contributed by atoms with Crippen molar-refractivity contribution >= 4 is 15.9 Å². The second-order valence-electron chi connectivity index (χ2n) is 4.41. The summed E-state index contributed by atoms with van der Waals surface area (Å²) in [6.07, 6.45) is 4.73. The Morgan fingerprint density at radius 2 is 2.19 bits per heavy atom. The van der Waals surface area contributed by atoms with E-state index in [9.17, 15) is 0 Å². The summed E-state index contributed by atoms with van der Waals surface area (Å²) in [6.45, 7) is 1.61. The first-order chi connectivity index (χ1) is 7.79. The highest BCUT2D eigenvalue weighted by Crippen LogP contribution is 2.32. The summed E-state index contributed by atoms with van der Waals surface area (Å²) in [4.78, 5) is 0. The normalized spacial score (nSPS) is 15.1. The summed E-state index contributed by atoms with van der Waals surface area (Å²) in [6, 6.07) is 6.32. The van der Waals surface area contributed by atoms with Gasteiger partial charge in [-0.25, -0.2) is 0 Å². The van der Waals surface area contributed by atoms with Crippen molar-refractivity contribution < 1.29 is 4.74 Å². The summed E-state index contributed by atoms with van der Waals surface area (Å²) >= 11 is 3.55. The minimum atomic E-state index is 0.748. The molecule has 0 atom stereocenters. The molecule has 2 nitrogen and oxygen atoms in total. The Kier molecular flexibility index (Phi) is 4.24. The maximum Gasteiger partial charge on any atom is 0.133 e. The van der Waals surface area contributed by atoms with E-state index in [1.807, 2.05) is 0 Å². The zero-order valence-electron chi connectivity index (χ0n) is 9.42. The van der Waals surface area contributed by atoms with E-state index in [2.05, 4.69) is 34.1 Å². The standard InChI is InChI=1S/C13H18BrNO/c14-12-8-10(2-1-7-15)5-6-13(12)16-9-11-3-4-11/h5-6,8,11H,1-4,7,9,15H2. The van der Waals surface area contributed by atoms with Gasteiger partial charge in [-0.1, -0.05) is 6.07 Å². The monoisotopic (exact) mass is 283 g/mol. The molecule has 1 aromatic rings. The van der Waals surface area contributed by atoms with Gasteiger partial charge in [0.05, 0.1) is 11.1 Å². The molecule has 1 aromatic carbocycles. The molecular weight excluding hydrogens is 266 g/mol. The molecule has 0 bridgehead atoms. The van der Waals surface area contributed by atoms with Gasteiger partial charge in [0.25, 0.3) is 0 Å². The van der Waals surface area contributed by atoms with E-state index in [0.29, 0.717) is 0 Å². The van der Waals surface area contributed by atoms with Crippen molar-refractivity contribution in [2.45, 2.75) is 25.7 Å². The number of halogens is 1. The molecule has 0 aromatic heterocycles. The third-order valence-electron chi connectivity index (χ3n) is 2.84. The number of hydrogen-bond acceptors (Lipinski definition) is 2. The molecule has 0 heterocycles. The lowest BCUT2D eigenvalue weighted by Crippen LogP contribution is -2.01. The Hall–Kier alpha value is -0.540. The molecule has 0 amide bonds. The van der Waals surface area contributed by atoms with Crippen LogP contribution in [0.2, 0.25) is 0 Å². The number of benzene rings is 1. The van der Waals surface area contributed by atoms with Gasteiger partial charge in [-0.2, -0.15) is 0 Å². The van der Waals surface area contributed by atoms with Gasteiger partial charge in [-0.15, -0.1) is 0 Å². The zero-order chi connectivity index (χ0) is 11.4. The third kappa shape index (κ3) is 3.49. The molecule has 0 spiro atoms. The summed E-state index contributed by atoms with van der Waals surface area (Å²) in [5.74, 6) is 1.76. The highest BCUT2D eigenvalue weighted by atomic mass is 79.9. The first-order valence-corrected chi connectivity index (χ1v) is 6.70. The molecule has 2 rings (SSSR count). The molecule has 1 aliphatic rings. The molecule has 1 saturated carbocycles. The molecule has 88 valence electrons. The van der Waals surface area contributed by atoms with Crippen LogP contribution in [-0.2, 0) is 6.42 Å². The van der Waals surface area contributed by atoms with Gasteiger partial charge < -0.3 is 10.5 Å². The minimum Gasteiger partial charge on any atom is -0.492 e. The van der Waals surface area contributed by atoms with Crippen LogP contribution in [0.1, 0.15) is 24.8 Å². The Bertz CT molecular complexity index is 350. The van der Waals surface area contributed by atoms with E-state index in [-0.39, 0.29) is 0 Å². The summed E-state index contributed by atoms with van der Waals surface area (Å²) in [5.41, 5.74) is 6.81. The lowest BCUT2D eigenvalue weighted by molar-refractivity contribution is 0.298. The van der Waals surface area contributed by atoms with Gasteiger partial charge in [-0.3, -0.25) is 0 Å². The molecule has 0 radical (unpaired) electrons. The Morgan fingerprint density at radius 1 is 1.38 bits per heavy atom. The van der Waals surface area contributed by atoms with Crippen molar-refractivity contribution in [3.63, 3.8) is 0 Å².